The van der Waals surface area contributed by atoms with Crippen molar-refractivity contribution in [1.82, 2.24) is 19.8 Å². The summed E-state index contributed by atoms with van der Waals surface area (Å²) >= 11 is 0. The van der Waals surface area contributed by atoms with Crippen LogP contribution in [-0.2, 0) is 29.6 Å². The van der Waals surface area contributed by atoms with Crippen LogP contribution in [-0.4, -0.2) is 46.5 Å². The molecule has 7 heteroatoms. The van der Waals surface area contributed by atoms with Crippen molar-refractivity contribution < 1.29 is 14.3 Å². The van der Waals surface area contributed by atoms with Gasteiger partial charge in [0, 0.05) is 57.5 Å². The number of aromatic nitrogens is 2. The summed E-state index contributed by atoms with van der Waals surface area (Å²) in [6.45, 7) is 1.41. The Hall–Kier alpha value is -2.83. The number of ether oxygens (including phenoxy) is 1. The van der Waals surface area contributed by atoms with Crippen LogP contribution in [0.5, 0.6) is 5.75 Å². The number of benzene rings is 1. The van der Waals surface area contributed by atoms with Crippen LogP contribution in [0.25, 0.3) is 0 Å². The molecule has 2 heterocycles. The number of imidazole rings is 1. The molecule has 1 aromatic carbocycles. The van der Waals surface area contributed by atoms with E-state index in [0.29, 0.717) is 26.1 Å². The molecule has 1 aliphatic rings. The molecule has 7 nitrogen and oxygen atoms in total. The van der Waals surface area contributed by atoms with Gasteiger partial charge in [-0.25, -0.2) is 4.98 Å². The Morgan fingerprint density at radius 1 is 1.38 bits per heavy atom. The maximum absolute atomic E-state index is 12.4. The summed E-state index contributed by atoms with van der Waals surface area (Å²) in [4.78, 5) is 30.6. The molecule has 26 heavy (non-hydrogen) atoms. The van der Waals surface area contributed by atoms with Gasteiger partial charge in [0.05, 0.1) is 13.0 Å². The average molecular weight is 356 g/mol. The zero-order valence-corrected chi connectivity index (χ0v) is 15.1. The third-order valence-corrected chi connectivity index (χ3v) is 4.71. The second-order valence-electron chi connectivity index (χ2n) is 6.48. The Bertz CT molecular complexity index is 787. The number of para-hydroxylation sites is 1. The third kappa shape index (κ3) is 4.04. The fraction of sp³-hybridized carbons (Fsp3) is 0.421. The quantitative estimate of drug-likeness (QED) is 0.807. The number of aryl methyl sites for hydroxylation is 1. The molecule has 1 fully saturated rings. The topological polar surface area (TPSA) is 76.5 Å². The van der Waals surface area contributed by atoms with Crippen molar-refractivity contribution in [2.45, 2.75) is 19.4 Å². The Morgan fingerprint density at radius 3 is 2.92 bits per heavy atom. The molecule has 1 aliphatic heterocycles. The molecule has 2 amide bonds. The van der Waals surface area contributed by atoms with Gasteiger partial charge < -0.3 is 19.5 Å². The molecular weight excluding hydrogens is 332 g/mol. The minimum Gasteiger partial charge on any atom is -0.496 e. The number of hydrogen-bond donors (Lipinski definition) is 1. The molecule has 0 spiro atoms. The van der Waals surface area contributed by atoms with E-state index in [1.165, 1.54) is 0 Å². The summed E-state index contributed by atoms with van der Waals surface area (Å²) in [5.41, 5.74) is 0.944. The fourth-order valence-corrected chi connectivity index (χ4v) is 3.22. The van der Waals surface area contributed by atoms with E-state index in [9.17, 15) is 9.59 Å². The van der Waals surface area contributed by atoms with E-state index in [-0.39, 0.29) is 24.2 Å². The lowest BCUT2D eigenvalue weighted by Crippen LogP contribution is -2.34. The van der Waals surface area contributed by atoms with Crippen LogP contribution in [0.1, 0.15) is 17.8 Å². The second-order valence-corrected chi connectivity index (χ2v) is 6.48. The normalized spacial score (nSPS) is 16.8. The maximum atomic E-state index is 12.4. The maximum Gasteiger partial charge on any atom is 0.225 e. The van der Waals surface area contributed by atoms with E-state index in [0.717, 1.165) is 17.1 Å². The van der Waals surface area contributed by atoms with Crippen molar-refractivity contribution in [2.24, 2.45) is 13.0 Å². The van der Waals surface area contributed by atoms with Crippen LogP contribution in [0.4, 0.5) is 0 Å². The lowest BCUT2D eigenvalue weighted by Gasteiger charge is -2.18. The Balaban J connectivity index is 1.52. The molecule has 1 atom stereocenters. The van der Waals surface area contributed by atoms with Crippen LogP contribution in [0.3, 0.4) is 0 Å². The van der Waals surface area contributed by atoms with Gasteiger partial charge in [-0.1, -0.05) is 18.2 Å². The van der Waals surface area contributed by atoms with Crippen molar-refractivity contribution in [2.75, 3.05) is 20.2 Å². The highest BCUT2D eigenvalue weighted by Gasteiger charge is 2.34. The van der Waals surface area contributed by atoms with Crippen LogP contribution >= 0.6 is 0 Å². The molecule has 1 N–H and O–H groups in total. The largest absolute Gasteiger partial charge is 0.496 e. The van der Waals surface area contributed by atoms with E-state index in [4.69, 9.17) is 4.74 Å². The number of nitrogens with one attached hydrogen (secondary N) is 1. The predicted octanol–water partition coefficient (Wildman–Crippen LogP) is 1.14. The number of nitrogens with zero attached hydrogens (tertiary/aromatic N) is 3. The summed E-state index contributed by atoms with van der Waals surface area (Å²) in [5, 5.41) is 2.92. The molecule has 0 radical (unpaired) electrons. The minimum absolute atomic E-state index is 0.000146. The summed E-state index contributed by atoms with van der Waals surface area (Å²) in [6.07, 6.45) is 4.54. The number of methoxy groups -OCH3 is 1. The highest BCUT2D eigenvalue weighted by molar-refractivity contribution is 5.89. The Kier molecular flexibility index (Phi) is 5.55. The van der Waals surface area contributed by atoms with E-state index in [2.05, 4.69) is 10.3 Å². The van der Waals surface area contributed by atoms with Crippen LogP contribution < -0.4 is 10.1 Å². The number of rotatable bonds is 7. The predicted molar refractivity (Wildman–Crippen MR) is 96.4 cm³/mol. The zero-order valence-electron chi connectivity index (χ0n) is 15.1. The monoisotopic (exact) mass is 356 g/mol. The van der Waals surface area contributed by atoms with E-state index in [1.54, 1.807) is 18.2 Å². The number of carbonyl (C=O) groups is 2. The summed E-state index contributed by atoms with van der Waals surface area (Å²) in [5.74, 6) is 1.29. The first-order chi connectivity index (χ1) is 12.6. The first kappa shape index (κ1) is 18.0. The summed E-state index contributed by atoms with van der Waals surface area (Å²) in [7, 11) is 3.54. The molecule has 2 aromatic rings. The SMILES string of the molecule is COc1ccccc1CN1C[C@H](C(=O)NCCc2nccn2C)CC1=O. The van der Waals surface area contributed by atoms with Crippen molar-refractivity contribution in [3.63, 3.8) is 0 Å². The zero-order chi connectivity index (χ0) is 18.5. The molecule has 0 aliphatic carbocycles. The molecule has 3 rings (SSSR count). The first-order valence-electron chi connectivity index (χ1n) is 8.72. The molecule has 1 saturated heterocycles. The lowest BCUT2D eigenvalue weighted by molar-refractivity contribution is -0.129. The smallest absolute Gasteiger partial charge is 0.225 e. The number of hydrogen-bond acceptors (Lipinski definition) is 4. The fourth-order valence-electron chi connectivity index (χ4n) is 3.22. The lowest BCUT2D eigenvalue weighted by atomic mass is 10.1. The van der Waals surface area contributed by atoms with Crippen LogP contribution in [0.15, 0.2) is 36.7 Å². The van der Waals surface area contributed by atoms with Gasteiger partial charge >= 0.3 is 0 Å². The van der Waals surface area contributed by atoms with Gasteiger partial charge in [-0.05, 0) is 6.07 Å². The first-order valence-corrected chi connectivity index (χ1v) is 8.72. The Labute approximate surface area is 153 Å². The van der Waals surface area contributed by atoms with Gasteiger partial charge in [-0.3, -0.25) is 9.59 Å². The minimum atomic E-state index is -0.307. The van der Waals surface area contributed by atoms with Crippen LogP contribution in [0.2, 0.25) is 0 Å². The van der Waals surface area contributed by atoms with Gasteiger partial charge in [0.2, 0.25) is 11.8 Å². The highest BCUT2D eigenvalue weighted by atomic mass is 16.5. The van der Waals surface area contributed by atoms with E-state index < -0.39 is 0 Å². The van der Waals surface area contributed by atoms with E-state index >= 15 is 0 Å². The highest BCUT2D eigenvalue weighted by Crippen LogP contribution is 2.24. The molecule has 1 aromatic heterocycles. The van der Waals surface area contributed by atoms with Crippen molar-refractivity contribution >= 4 is 11.8 Å². The molecule has 138 valence electrons. The van der Waals surface area contributed by atoms with Gasteiger partial charge in [0.25, 0.3) is 0 Å². The van der Waals surface area contributed by atoms with Crippen LogP contribution in [0, 0.1) is 5.92 Å². The molecule has 0 bridgehead atoms. The number of amides is 2. The molecule has 0 unspecified atom stereocenters. The van der Waals surface area contributed by atoms with E-state index in [1.807, 2.05) is 42.1 Å². The third-order valence-electron chi connectivity index (χ3n) is 4.71. The average Bonchev–Trinajstić information content (AvgIpc) is 3.21. The van der Waals surface area contributed by atoms with Crippen molar-refractivity contribution in [1.29, 1.82) is 0 Å². The van der Waals surface area contributed by atoms with Gasteiger partial charge in [0.1, 0.15) is 11.6 Å². The summed E-state index contributed by atoms with van der Waals surface area (Å²) in [6, 6.07) is 7.62. The molecular formula is C19H24N4O3. The van der Waals surface area contributed by atoms with Gasteiger partial charge in [0.15, 0.2) is 0 Å². The standard InChI is InChI=1S/C19H24N4O3/c1-22-10-9-20-17(22)7-8-21-19(25)15-11-18(24)23(13-15)12-14-5-3-4-6-16(14)26-2/h3-6,9-10,15H,7-8,11-13H2,1-2H3,(H,21,25)/t15-/m1/s1. The van der Waals surface area contributed by atoms with Gasteiger partial charge in [-0.2, -0.15) is 0 Å². The van der Waals surface area contributed by atoms with Gasteiger partial charge in [-0.15, -0.1) is 0 Å². The Morgan fingerprint density at radius 2 is 2.19 bits per heavy atom. The molecule has 0 saturated carbocycles. The summed E-state index contributed by atoms with van der Waals surface area (Å²) < 4.78 is 7.27. The van der Waals surface area contributed by atoms with Crippen molar-refractivity contribution in [3.05, 3.63) is 48.0 Å². The number of carbonyl (C=O) groups excluding carboxylic acids is 2. The van der Waals surface area contributed by atoms with Crippen molar-refractivity contribution in [3.8, 4) is 5.75 Å². The number of likely N-dealkylation sites (tertiary alicyclic amines) is 1. The second kappa shape index (κ2) is 8.03.